The lowest BCUT2D eigenvalue weighted by Crippen LogP contribution is -2.68. The zero-order valence-corrected chi connectivity index (χ0v) is 38.3. The summed E-state index contributed by atoms with van der Waals surface area (Å²) in [4.78, 5) is 22.8. The molecule has 328 valence electrons. The summed E-state index contributed by atoms with van der Waals surface area (Å²) in [5, 5.41) is 14.7. The molecule has 8 rings (SSSR count). The van der Waals surface area contributed by atoms with Gasteiger partial charge < -0.3 is 20.1 Å². The number of aliphatic carboxylic acids is 1. The van der Waals surface area contributed by atoms with Crippen LogP contribution in [-0.2, 0) is 14.6 Å². The molecule has 1 saturated heterocycles. The summed E-state index contributed by atoms with van der Waals surface area (Å²) in [7, 11) is -2.88. The number of allylic oxidation sites excluding steroid dienone is 5. The number of aromatic nitrogens is 1. The van der Waals surface area contributed by atoms with E-state index in [4.69, 9.17) is 11.3 Å². The lowest BCUT2D eigenvalue weighted by atomic mass is 9.33. The molecular formula is C50H72N4O5S. The Labute approximate surface area is 361 Å². The predicted octanol–water partition coefficient (Wildman–Crippen LogP) is 9.85. The third-order valence-electron chi connectivity index (χ3n) is 19.1. The molecule has 2 heterocycles. The van der Waals surface area contributed by atoms with Crippen molar-refractivity contribution in [3.05, 3.63) is 65.2 Å². The topological polar surface area (TPSA) is 113 Å². The molecule has 0 bridgehead atoms. The maximum atomic E-state index is 12.8. The Morgan fingerprint density at radius 1 is 1.00 bits per heavy atom. The van der Waals surface area contributed by atoms with Gasteiger partial charge in [-0.05, 0) is 159 Å². The molecule has 0 spiro atoms. The summed E-state index contributed by atoms with van der Waals surface area (Å²) < 4.78 is 30.1. The zero-order valence-electron chi connectivity index (χ0n) is 37.5. The van der Waals surface area contributed by atoms with Crippen LogP contribution >= 0.6 is 0 Å². The van der Waals surface area contributed by atoms with Gasteiger partial charge in [0.15, 0.2) is 15.5 Å². The van der Waals surface area contributed by atoms with Crippen molar-refractivity contribution in [1.82, 2.24) is 15.2 Å². The Morgan fingerprint density at radius 2 is 1.77 bits per heavy atom. The molecule has 10 heteroatoms. The number of ether oxygens (including phenoxy) is 1. The van der Waals surface area contributed by atoms with Gasteiger partial charge in [0.05, 0.1) is 30.1 Å². The van der Waals surface area contributed by atoms with Crippen LogP contribution in [0.2, 0.25) is 0 Å². The molecule has 0 aromatic carbocycles. The smallest absolute Gasteiger partial charge is 0.310 e. The molecule has 6 aliphatic carbocycles. The van der Waals surface area contributed by atoms with Crippen LogP contribution < -0.4 is 10.1 Å². The normalized spacial score (nSPS) is 40.6. The van der Waals surface area contributed by atoms with Crippen molar-refractivity contribution in [3.63, 3.8) is 0 Å². The van der Waals surface area contributed by atoms with Crippen molar-refractivity contribution < 1.29 is 23.1 Å². The number of carbonyl (C=O) groups is 1. The van der Waals surface area contributed by atoms with E-state index in [0.29, 0.717) is 73.5 Å². The average Bonchev–Trinajstić information content (AvgIpc) is 3.59. The summed E-state index contributed by atoms with van der Waals surface area (Å²) >= 11 is 0. The molecule has 5 fully saturated rings. The summed E-state index contributed by atoms with van der Waals surface area (Å²) in [6.45, 7) is 30.6. The lowest BCUT2D eigenvalue weighted by Gasteiger charge is -2.72. The van der Waals surface area contributed by atoms with Crippen LogP contribution in [0.5, 0.6) is 5.88 Å². The van der Waals surface area contributed by atoms with E-state index in [1.807, 2.05) is 0 Å². The molecule has 7 aliphatic rings. The van der Waals surface area contributed by atoms with E-state index < -0.39 is 21.2 Å². The van der Waals surface area contributed by atoms with Gasteiger partial charge in [-0.1, -0.05) is 58.9 Å². The zero-order chi connectivity index (χ0) is 42.9. The third-order valence-corrected chi connectivity index (χ3v) is 20.7. The Bertz CT molecular complexity index is 2080. The van der Waals surface area contributed by atoms with Crippen LogP contribution in [0, 0.1) is 63.2 Å². The number of carboxylic acids is 1. The van der Waals surface area contributed by atoms with Crippen molar-refractivity contribution in [3.8, 4) is 5.88 Å². The Morgan fingerprint density at radius 3 is 2.45 bits per heavy atom. The van der Waals surface area contributed by atoms with Gasteiger partial charge in [0.2, 0.25) is 5.88 Å². The van der Waals surface area contributed by atoms with Crippen LogP contribution in [0.25, 0.3) is 4.85 Å². The Hall–Kier alpha value is -3.00. The highest BCUT2D eigenvalue weighted by molar-refractivity contribution is 7.91. The molecule has 4 saturated carbocycles. The fourth-order valence-corrected chi connectivity index (χ4v) is 16.9. The third kappa shape index (κ3) is 7.13. The maximum Gasteiger partial charge on any atom is 0.310 e. The quantitative estimate of drug-likeness (QED) is 0.167. The van der Waals surface area contributed by atoms with E-state index in [0.717, 1.165) is 25.9 Å². The van der Waals surface area contributed by atoms with Crippen LogP contribution in [-0.4, -0.2) is 79.2 Å². The second-order valence-corrected chi connectivity index (χ2v) is 24.2. The first kappa shape index (κ1) is 43.6. The Balaban J connectivity index is 0.987. The van der Waals surface area contributed by atoms with E-state index in [9.17, 15) is 18.3 Å². The summed E-state index contributed by atoms with van der Waals surface area (Å²) in [5.74, 6) is 3.17. The standard InChI is InChI=1S/C50H72N4O5S/c1-34(2)37-13-21-50(53-26-27-54-28-31-60(57,58)32-29-54)23-22-47(6)39(43(37)50)9-10-41-46(5)17-14-38(45(3,4)40(46)15-18-48(41,47)7)35-11-19-49(20-12-35,44(55)56)24-30-59-42-33-36(51-8)16-25-52-42/h11,14,16,25,33,37,39-41,43,53H,1,9-10,12-13,15,17-24,26-32H2,2-7H3,(H,55,56)/t37-,39+,40-,41+,43+,46-,47+,48+,49?,50-/m0/s1. The van der Waals surface area contributed by atoms with E-state index in [1.165, 1.54) is 68.1 Å². The first-order chi connectivity index (χ1) is 28.3. The van der Waals surface area contributed by atoms with E-state index in [-0.39, 0.29) is 45.3 Å². The van der Waals surface area contributed by atoms with E-state index >= 15 is 0 Å². The predicted molar refractivity (Wildman–Crippen MR) is 238 cm³/mol. The van der Waals surface area contributed by atoms with Crippen LogP contribution in [0.4, 0.5) is 5.69 Å². The number of sulfone groups is 1. The number of pyridine rings is 1. The number of rotatable bonds is 11. The molecule has 1 aliphatic heterocycles. The van der Waals surface area contributed by atoms with Crippen LogP contribution in [0.15, 0.2) is 53.8 Å². The maximum absolute atomic E-state index is 12.8. The van der Waals surface area contributed by atoms with Gasteiger partial charge in [-0.15, -0.1) is 0 Å². The van der Waals surface area contributed by atoms with Crippen LogP contribution in [0.1, 0.15) is 125 Å². The molecule has 1 aromatic heterocycles. The van der Waals surface area contributed by atoms with Crippen molar-refractivity contribution in [1.29, 1.82) is 0 Å². The molecule has 0 amide bonds. The monoisotopic (exact) mass is 841 g/mol. The fourth-order valence-electron chi connectivity index (χ4n) is 15.6. The first-order valence-corrected chi connectivity index (χ1v) is 25.1. The minimum absolute atomic E-state index is 0.00940. The second kappa shape index (κ2) is 15.7. The molecule has 60 heavy (non-hydrogen) atoms. The molecule has 9 nitrogen and oxygen atoms in total. The molecular weight excluding hydrogens is 769 g/mol. The van der Waals surface area contributed by atoms with Gasteiger partial charge in [0.1, 0.15) is 0 Å². The SMILES string of the molecule is [C-]#[N+]c1ccnc(OCCC2(C(=O)O)CC=C(C3=CC[C@]4(C)[C@H]5CC[C@@H]6[C@H]7[C@H](C(=C)C)CC[C@]7(NCCN7CCS(=O)(=O)CC7)CC[C@@]6(C)[C@]5(C)CC[C@H]4C3(C)C)CC2)c1. The number of carboxylic acid groups (broad SMARTS) is 1. The van der Waals surface area contributed by atoms with E-state index in [2.05, 4.69) is 80.3 Å². The van der Waals surface area contributed by atoms with Crippen LogP contribution in [0.3, 0.4) is 0 Å². The van der Waals surface area contributed by atoms with Gasteiger partial charge in [-0.3, -0.25) is 4.79 Å². The number of nitrogens with one attached hydrogen (secondary N) is 1. The van der Waals surface area contributed by atoms with Gasteiger partial charge in [0.25, 0.3) is 0 Å². The second-order valence-electron chi connectivity index (χ2n) is 21.9. The minimum Gasteiger partial charge on any atom is -0.481 e. The highest BCUT2D eigenvalue weighted by Gasteiger charge is 2.70. The van der Waals surface area contributed by atoms with Crippen molar-refractivity contribution in [2.75, 3.05) is 44.3 Å². The number of nitrogens with zero attached hydrogens (tertiary/aromatic N) is 3. The highest BCUT2D eigenvalue weighted by atomic mass is 32.2. The van der Waals surface area contributed by atoms with Gasteiger partial charge in [0, 0.05) is 44.0 Å². The number of fused-ring (bicyclic) bond motifs is 7. The van der Waals surface area contributed by atoms with Crippen molar-refractivity contribution >= 4 is 21.5 Å². The van der Waals surface area contributed by atoms with Crippen molar-refractivity contribution in [2.24, 2.45) is 56.7 Å². The average molecular weight is 841 g/mol. The highest BCUT2D eigenvalue weighted by Crippen LogP contribution is 2.76. The molecule has 0 radical (unpaired) electrons. The number of hydrogen-bond donors (Lipinski definition) is 2. The number of hydrogen-bond acceptors (Lipinski definition) is 7. The molecule has 10 atom stereocenters. The fraction of sp³-hybridized carbons (Fsp3) is 0.740. The summed E-state index contributed by atoms with van der Waals surface area (Å²) in [6.07, 6.45) is 19.7. The largest absolute Gasteiger partial charge is 0.481 e. The van der Waals surface area contributed by atoms with E-state index in [1.54, 1.807) is 18.3 Å². The molecule has 1 unspecified atom stereocenters. The summed E-state index contributed by atoms with van der Waals surface area (Å²) in [6, 6.07) is 3.25. The minimum atomic E-state index is -2.88. The van der Waals surface area contributed by atoms with Crippen molar-refractivity contribution in [2.45, 2.75) is 131 Å². The summed E-state index contributed by atoms with van der Waals surface area (Å²) in [5.41, 5.74) is 4.57. The van der Waals surface area contributed by atoms with Gasteiger partial charge >= 0.3 is 5.97 Å². The Kier molecular flexibility index (Phi) is 11.4. The molecule has 2 N–H and O–H groups in total. The first-order valence-electron chi connectivity index (χ1n) is 23.3. The van der Waals surface area contributed by atoms with Gasteiger partial charge in [-0.25, -0.2) is 18.2 Å². The van der Waals surface area contributed by atoms with Gasteiger partial charge in [-0.2, -0.15) is 0 Å². The molecule has 1 aromatic rings. The lowest BCUT2D eigenvalue weighted by molar-refractivity contribution is -0.221.